The summed E-state index contributed by atoms with van der Waals surface area (Å²) >= 11 is 3.17. The van der Waals surface area contributed by atoms with Crippen molar-refractivity contribution < 1.29 is 13.9 Å². The molecule has 0 spiro atoms. The molecule has 1 aromatic carbocycles. The van der Waals surface area contributed by atoms with Crippen molar-refractivity contribution in [2.75, 3.05) is 0 Å². The van der Waals surface area contributed by atoms with Crippen LogP contribution in [0.4, 0.5) is 4.39 Å². The smallest absolute Gasteiger partial charge is 0.336 e. The van der Waals surface area contributed by atoms with E-state index in [2.05, 4.69) is 20.9 Å². The van der Waals surface area contributed by atoms with E-state index >= 15 is 0 Å². The number of benzene rings is 1. The molecule has 1 heterocycles. The summed E-state index contributed by atoms with van der Waals surface area (Å²) in [5, 5.41) is 0. The number of carbonyl (C=O) groups is 1. The van der Waals surface area contributed by atoms with Crippen LogP contribution in [0.25, 0.3) is 6.08 Å². The molecule has 0 unspecified atom stereocenters. The van der Waals surface area contributed by atoms with Gasteiger partial charge < -0.3 is 4.74 Å². The van der Waals surface area contributed by atoms with Crippen molar-refractivity contribution in [2.24, 2.45) is 0 Å². The summed E-state index contributed by atoms with van der Waals surface area (Å²) in [4.78, 5) is 15.5. The fraction of sp³-hybridized carbons (Fsp3) is 0. The molecule has 5 heteroatoms. The zero-order valence-corrected chi connectivity index (χ0v) is 11.3. The van der Waals surface area contributed by atoms with Crippen LogP contribution in [0.5, 0.6) is 5.75 Å². The maximum atomic E-state index is 12.9. The molecule has 0 aliphatic heterocycles. The Morgan fingerprint density at radius 2 is 2.16 bits per heavy atom. The lowest BCUT2D eigenvalue weighted by Crippen LogP contribution is -2.04. The molecule has 0 atom stereocenters. The van der Waals surface area contributed by atoms with E-state index in [0.29, 0.717) is 15.9 Å². The van der Waals surface area contributed by atoms with E-state index in [0.717, 1.165) is 0 Å². The fourth-order valence-corrected chi connectivity index (χ4v) is 1.70. The van der Waals surface area contributed by atoms with Gasteiger partial charge in [-0.25, -0.2) is 14.2 Å². The normalized spacial score (nSPS) is 10.6. The average Bonchev–Trinajstić information content (AvgIpc) is 2.39. The largest absolute Gasteiger partial charge is 0.420 e. The van der Waals surface area contributed by atoms with E-state index in [-0.39, 0.29) is 5.82 Å². The third kappa shape index (κ3) is 3.99. The van der Waals surface area contributed by atoms with Gasteiger partial charge in [0, 0.05) is 12.3 Å². The van der Waals surface area contributed by atoms with E-state index < -0.39 is 5.97 Å². The van der Waals surface area contributed by atoms with Crippen molar-refractivity contribution >= 4 is 28.0 Å². The fourth-order valence-electron chi connectivity index (χ4n) is 1.36. The predicted molar refractivity (Wildman–Crippen MR) is 73.0 cm³/mol. The standard InChI is InChI=1S/C14H9BrFNO2/c15-14-12(5-2-8-17-14)19-13(18)7-6-10-3-1-4-11(16)9-10/h1-9H. The minimum absolute atomic E-state index is 0.330. The Kier molecular flexibility index (Phi) is 4.41. The van der Waals surface area contributed by atoms with Crippen LogP contribution < -0.4 is 4.74 Å². The Balaban J connectivity index is 2.04. The van der Waals surface area contributed by atoms with E-state index in [4.69, 9.17) is 4.74 Å². The number of ether oxygens (including phenoxy) is 1. The summed E-state index contributed by atoms with van der Waals surface area (Å²) in [6.07, 6.45) is 4.29. The lowest BCUT2D eigenvalue weighted by molar-refractivity contribution is -0.128. The molecule has 2 aromatic rings. The Bertz CT molecular complexity index is 628. The first-order valence-electron chi connectivity index (χ1n) is 5.41. The van der Waals surface area contributed by atoms with Crippen LogP contribution in [0.2, 0.25) is 0 Å². The second kappa shape index (κ2) is 6.24. The number of aromatic nitrogens is 1. The van der Waals surface area contributed by atoms with Gasteiger partial charge in [0.2, 0.25) is 0 Å². The molecule has 3 nitrogen and oxygen atoms in total. The van der Waals surface area contributed by atoms with Crippen molar-refractivity contribution in [1.82, 2.24) is 4.98 Å². The summed E-state index contributed by atoms with van der Waals surface area (Å²) in [5.41, 5.74) is 0.585. The zero-order chi connectivity index (χ0) is 13.7. The Morgan fingerprint density at radius 3 is 2.89 bits per heavy atom. The highest BCUT2D eigenvalue weighted by Crippen LogP contribution is 2.21. The second-order valence-corrected chi connectivity index (χ2v) is 4.35. The second-order valence-electron chi connectivity index (χ2n) is 3.60. The van der Waals surface area contributed by atoms with E-state index in [1.807, 2.05) is 0 Å². The highest BCUT2D eigenvalue weighted by Gasteiger charge is 2.05. The van der Waals surface area contributed by atoms with E-state index in [1.165, 1.54) is 24.3 Å². The SMILES string of the molecule is O=C(C=Cc1cccc(F)c1)Oc1cccnc1Br. The highest BCUT2D eigenvalue weighted by atomic mass is 79.9. The number of halogens is 2. The Labute approximate surface area is 117 Å². The number of nitrogens with zero attached hydrogens (tertiary/aromatic N) is 1. The number of carbonyl (C=O) groups excluding carboxylic acids is 1. The summed E-state index contributed by atoms with van der Waals surface area (Å²) in [7, 11) is 0. The molecule has 1 aromatic heterocycles. The van der Waals surface area contributed by atoms with Crippen molar-refractivity contribution in [3.63, 3.8) is 0 Å². The van der Waals surface area contributed by atoms with Gasteiger partial charge in [-0.2, -0.15) is 0 Å². The molecule has 96 valence electrons. The van der Waals surface area contributed by atoms with Crippen LogP contribution in [0.3, 0.4) is 0 Å². The maximum Gasteiger partial charge on any atom is 0.336 e. The molecule has 0 fully saturated rings. The first-order chi connectivity index (χ1) is 9.15. The molecule has 0 aliphatic carbocycles. The number of pyridine rings is 1. The number of esters is 1. The third-order valence-electron chi connectivity index (χ3n) is 2.20. The van der Waals surface area contributed by atoms with Crippen LogP contribution >= 0.6 is 15.9 Å². The van der Waals surface area contributed by atoms with Crippen LogP contribution in [-0.2, 0) is 4.79 Å². The Hall–Kier alpha value is -2.01. The molecular formula is C14H9BrFNO2. The summed E-state index contributed by atoms with van der Waals surface area (Å²) in [5.74, 6) is -0.583. The minimum Gasteiger partial charge on any atom is -0.420 e. The van der Waals surface area contributed by atoms with Crippen molar-refractivity contribution in [3.05, 3.63) is 64.7 Å². The topological polar surface area (TPSA) is 39.2 Å². The first kappa shape index (κ1) is 13.4. The molecule has 0 amide bonds. The molecule has 0 saturated carbocycles. The number of hydrogen-bond donors (Lipinski definition) is 0. The highest BCUT2D eigenvalue weighted by molar-refractivity contribution is 9.10. The Morgan fingerprint density at radius 1 is 1.32 bits per heavy atom. The molecule has 2 rings (SSSR count). The minimum atomic E-state index is -0.557. The molecular weight excluding hydrogens is 313 g/mol. The van der Waals surface area contributed by atoms with Gasteiger partial charge in [-0.3, -0.25) is 0 Å². The molecule has 0 radical (unpaired) electrons. The number of rotatable bonds is 3. The maximum absolute atomic E-state index is 12.9. The molecule has 0 N–H and O–H groups in total. The van der Waals surface area contributed by atoms with Crippen molar-refractivity contribution in [3.8, 4) is 5.75 Å². The third-order valence-corrected chi connectivity index (χ3v) is 2.79. The summed E-state index contributed by atoms with van der Waals surface area (Å²) < 4.78 is 18.4. The van der Waals surface area contributed by atoms with Gasteiger partial charge in [-0.15, -0.1) is 0 Å². The quantitative estimate of drug-likeness (QED) is 0.492. The van der Waals surface area contributed by atoms with Crippen LogP contribution in [-0.4, -0.2) is 11.0 Å². The van der Waals surface area contributed by atoms with Gasteiger partial charge in [0.05, 0.1) is 0 Å². The first-order valence-corrected chi connectivity index (χ1v) is 6.20. The van der Waals surface area contributed by atoms with Gasteiger partial charge in [-0.05, 0) is 51.8 Å². The van der Waals surface area contributed by atoms with Gasteiger partial charge in [0.1, 0.15) is 10.4 Å². The van der Waals surface area contributed by atoms with Crippen molar-refractivity contribution in [1.29, 1.82) is 0 Å². The van der Waals surface area contributed by atoms with Crippen LogP contribution in [0.15, 0.2) is 53.3 Å². The van der Waals surface area contributed by atoms with E-state index in [1.54, 1.807) is 30.5 Å². The zero-order valence-electron chi connectivity index (χ0n) is 9.72. The summed E-state index contributed by atoms with van der Waals surface area (Å²) in [6.45, 7) is 0. The molecule has 0 aliphatic rings. The molecule has 19 heavy (non-hydrogen) atoms. The average molecular weight is 322 g/mol. The van der Waals surface area contributed by atoms with Crippen LogP contribution in [0.1, 0.15) is 5.56 Å². The lowest BCUT2D eigenvalue weighted by Gasteiger charge is -2.02. The van der Waals surface area contributed by atoms with Gasteiger partial charge in [-0.1, -0.05) is 12.1 Å². The monoisotopic (exact) mass is 321 g/mol. The summed E-state index contributed by atoms with van der Waals surface area (Å²) in [6, 6.07) is 9.19. The molecule has 0 bridgehead atoms. The van der Waals surface area contributed by atoms with E-state index in [9.17, 15) is 9.18 Å². The van der Waals surface area contributed by atoms with Gasteiger partial charge in [0.25, 0.3) is 0 Å². The predicted octanol–water partition coefficient (Wildman–Crippen LogP) is 3.60. The van der Waals surface area contributed by atoms with Gasteiger partial charge >= 0.3 is 5.97 Å². The number of hydrogen-bond acceptors (Lipinski definition) is 3. The lowest BCUT2D eigenvalue weighted by atomic mass is 10.2. The molecule has 0 saturated heterocycles. The van der Waals surface area contributed by atoms with Gasteiger partial charge in [0.15, 0.2) is 5.75 Å². The van der Waals surface area contributed by atoms with Crippen LogP contribution in [0, 0.1) is 5.82 Å². The van der Waals surface area contributed by atoms with Crippen molar-refractivity contribution in [2.45, 2.75) is 0 Å².